The first-order valence-electron chi connectivity index (χ1n) is 9.35. The molecule has 1 amide bonds. The lowest BCUT2D eigenvalue weighted by atomic mass is 9.78. The summed E-state index contributed by atoms with van der Waals surface area (Å²) < 4.78 is 32.4. The van der Waals surface area contributed by atoms with Gasteiger partial charge in [-0.1, -0.05) is 20.3 Å². The third-order valence-corrected chi connectivity index (χ3v) is 6.44. The predicted octanol–water partition coefficient (Wildman–Crippen LogP) is 2.69. The van der Waals surface area contributed by atoms with Crippen LogP contribution in [0.3, 0.4) is 0 Å². The van der Waals surface area contributed by atoms with Crippen LogP contribution < -0.4 is 14.8 Å². The van der Waals surface area contributed by atoms with Crippen LogP contribution in [0.4, 0.5) is 0 Å². The molecule has 0 heterocycles. The van der Waals surface area contributed by atoms with Gasteiger partial charge in [0.1, 0.15) is 5.75 Å². The Morgan fingerprint density at radius 2 is 1.77 bits per heavy atom. The molecule has 1 fully saturated rings. The summed E-state index contributed by atoms with van der Waals surface area (Å²) in [6.45, 7) is 6.80. The van der Waals surface area contributed by atoms with E-state index in [1.807, 2.05) is 6.92 Å². The fourth-order valence-corrected chi connectivity index (χ4v) is 4.52. The molecule has 1 aromatic rings. The van der Waals surface area contributed by atoms with Gasteiger partial charge in [-0.25, -0.2) is 13.1 Å². The van der Waals surface area contributed by atoms with E-state index in [0.29, 0.717) is 24.2 Å². The van der Waals surface area contributed by atoms with E-state index in [1.54, 1.807) is 12.1 Å². The van der Waals surface area contributed by atoms with Gasteiger partial charge in [-0.05, 0) is 55.9 Å². The zero-order valence-corrected chi connectivity index (χ0v) is 16.6. The van der Waals surface area contributed by atoms with Crippen LogP contribution in [0, 0.1) is 11.8 Å². The molecule has 2 N–H and O–H groups in total. The second kappa shape index (κ2) is 9.37. The lowest BCUT2D eigenvalue weighted by molar-refractivity contribution is -0.122. The van der Waals surface area contributed by atoms with Crippen molar-refractivity contribution in [3.05, 3.63) is 24.3 Å². The van der Waals surface area contributed by atoms with Crippen molar-refractivity contribution < 1.29 is 17.9 Å². The Hall–Kier alpha value is -1.60. The summed E-state index contributed by atoms with van der Waals surface area (Å²) in [6, 6.07) is 6.42. The van der Waals surface area contributed by atoms with Crippen molar-refractivity contribution in [3.63, 3.8) is 0 Å². The van der Waals surface area contributed by atoms with Crippen molar-refractivity contribution in [1.82, 2.24) is 10.0 Å². The average molecular weight is 383 g/mol. The van der Waals surface area contributed by atoms with Crippen molar-refractivity contribution >= 4 is 15.9 Å². The fraction of sp³-hybridized carbons (Fsp3) is 0.632. The van der Waals surface area contributed by atoms with Crippen molar-refractivity contribution in [2.45, 2.75) is 57.4 Å². The molecule has 1 aliphatic rings. The molecule has 0 saturated heterocycles. The SMILES string of the molecule is CCOc1ccc(S(=O)(=O)NCCC(=O)NC2C(C)CCCC2C)cc1. The summed E-state index contributed by atoms with van der Waals surface area (Å²) in [5.74, 6) is 1.44. The molecule has 0 spiro atoms. The standard InChI is InChI=1S/C19H30N2O4S/c1-4-25-16-8-10-17(11-9-16)26(23,24)20-13-12-18(22)21-19-14(2)6-5-7-15(19)3/h8-11,14-15,19-20H,4-7,12-13H2,1-3H3,(H,21,22). The lowest BCUT2D eigenvalue weighted by Crippen LogP contribution is -2.46. The zero-order chi connectivity index (χ0) is 19.2. The van der Waals surface area contributed by atoms with Crippen LogP contribution in [-0.4, -0.2) is 33.5 Å². The Bertz CT molecular complexity index is 678. The number of amides is 1. The molecule has 0 aliphatic heterocycles. The Balaban J connectivity index is 1.82. The summed E-state index contributed by atoms with van der Waals surface area (Å²) >= 11 is 0. The van der Waals surface area contributed by atoms with Crippen molar-refractivity contribution in [3.8, 4) is 5.75 Å². The minimum Gasteiger partial charge on any atom is -0.494 e. The highest BCUT2D eigenvalue weighted by Crippen LogP contribution is 2.28. The Morgan fingerprint density at radius 1 is 1.15 bits per heavy atom. The zero-order valence-electron chi connectivity index (χ0n) is 15.8. The van der Waals surface area contributed by atoms with Gasteiger partial charge in [-0.3, -0.25) is 4.79 Å². The molecule has 1 aliphatic carbocycles. The topological polar surface area (TPSA) is 84.5 Å². The second-order valence-electron chi connectivity index (χ2n) is 7.03. The molecular formula is C19H30N2O4S. The van der Waals surface area contributed by atoms with Gasteiger partial charge in [0, 0.05) is 19.0 Å². The van der Waals surface area contributed by atoms with E-state index < -0.39 is 10.0 Å². The third kappa shape index (κ3) is 5.71. The van der Waals surface area contributed by atoms with Gasteiger partial charge < -0.3 is 10.1 Å². The number of rotatable bonds is 8. The van der Waals surface area contributed by atoms with E-state index in [-0.39, 0.29) is 29.8 Å². The summed E-state index contributed by atoms with van der Waals surface area (Å²) in [5.41, 5.74) is 0. The second-order valence-corrected chi connectivity index (χ2v) is 8.80. The molecule has 0 bridgehead atoms. The van der Waals surface area contributed by atoms with Gasteiger partial charge in [0.15, 0.2) is 0 Å². The molecule has 2 unspecified atom stereocenters. The molecule has 146 valence electrons. The molecular weight excluding hydrogens is 352 g/mol. The van der Waals surface area contributed by atoms with Crippen LogP contribution >= 0.6 is 0 Å². The molecule has 1 saturated carbocycles. The van der Waals surface area contributed by atoms with Crippen molar-refractivity contribution in [2.75, 3.05) is 13.2 Å². The first-order valence-corrected chi connectivity index (χ1v) is 10.8. The van der Waals surface area contributed by atoms with Crippen molar-refractivity contribution in [2.24, 2.45) is 11.8 Å². The predicted molar refractivity (Wildman–Crippen MR) is 102 cm³/mol. The molecule has 6 nitrogen and oxygen atoms in total. The minimum absolute atomic E-state index is 0.0802. The number of carbonyl (C=O) groups excluding carboxylic acids is 1. The maximum atomic E-state index is 12.3. The van der Waals surface area contributed by atoms with E-state index in [9.17, 15) is 13.2 Å². The highest BCUT2D eigenvalue weighted by Gasteiger charge is 2.28. The maximum absolute atomic E-state index is 12.3. The molecule has 2 atom stereocenters. The monoisotopic (exact) mass is 382 g/mol. The molecule has 1 aromatic carbocycles. The summed E-state index contributed by atoms with van der Waals surface area (Å²) in [7, 11) is -3.63. The fourth-order valence-electron chi connectivity index (χ4n) is 3.49. The van der Waals surface area contributed by atoms with Gasteiger partial charge in [0.2, 0.25) is 15.9 Å². The average Bonchev–Trinajstić information content (AvgIpc) is 2.59. The van der Waals surface area contributed by atoms with Crippen LogP contribution in [0.1, 0.15) is 46.5 Å². The molecule has 26 heavy (non-hydrogen) atoms. The van der Waals surface area contributed by atoms with Crippen LogP contribution in [0.15, 0.2) is 29.2 Å². The Kier molecular flexibility index (Phi) is 7.46. The molecule has 7 heteroatoms. The largest absolute Gasteiger partial charge is 0.494 e. The number of carbonyl (C=O) groups is 1. The number of benzene rings is 1. The molecule has 2 rings (SSSR count). The lowest BCUT2D eigenvalue weighted by Gasteiger charge is -2.35. The first kappa shape index (κ1) is 20.7. The van der Waals surface area contributed by atoms with E-state index >= 15 is 0 Å². The Labute approximate surface area is 156 Å². The molecule has 0 aromatic heterocycles. The van der Waals surface area contributed by atoms with Gasteiger partial charge in [-0.15, -0.1) is 0 Å². The van der Waals surface area contributed by atoms with Gasteiger partial charge >= 0.3 is 0 Å². The van der Waals surface area contributed by atoms with Gasteiger partial charge in [0.05, 0.1) is 11.5 Å². The van der Waals surface area contributed by atoms with Crippen molar-refractivity contribution in [1.29, 1.82) is 0 Å². The smallest absolute Gasteiger partial charge is 0.240 e. The molecule has 0 radical (unpaired) electrons. The van der Waals surface area contributed by atoms with Crippen LogP contribution in [0.25, 0.3) is 0 Å². The minimum atomic E-state index is -3.63. The van der Waals surface area contributed by atoms with Crippen LogP contribution in [0.2, 0.25) is 0 Å². The maximum Gasteiger partial charge on any atom is 0.240 e. The number of nitrogens with one attached hydrogen (secondary N) is 2. The number of ether oxygens (including phenoxy) is 1. The van der Waals surface area contributed by atoms with E-state index in [0.717, 1.165) is 12.8 Å². The van der Waals surface area contributed by atoms with E-state index in [2.05, 4.69) is 23.9 Å². The first-order chi connectivity index (χ1) is 12.3. The normalized spacial score (nSPS) is 23.4. The quantitative estimate of drug-likeness (QED) is 0.724. The highest BCUT2D eigenvalue weighted by atomic mass is 32.2. The number of sulfonamides is 1. The number of hydrogen-bond donors (Lipinski definition) is 2. The number of hydrogen-bond acceptors (Lipinski definition) is 4. The van der Waals surface area contributed by atoms with E-state index in [4.69, 9.17) is 4.74 Å². The van der Waals surface area contributed by atoms with Crippen LogP contribution in [0.5, 0.6) is 5.75 Å². The third-order valence-electron chi connectivity index (χ3n) is 4.96. The van der Waals surface area contributed by atoms with Crippen LogP contribution in [-0.2, 0) is 14.8 Å². The summed E-state index contributed by atoms with van der Waals surface area (Å²) in [5, 5.41) is 3.08. The highest BCUT2D eigenvalue weighted by molar-refractivity contribution is 7.89. The van der Waals surface area contributed by atoms with Gasteiger partial charge in [0.25, 0.3) is 0 Å². The van der Waals surface area contributed by atoms with E-state index in [1.165, 1.54) is 18.6 Å². The summed E-state index contributed by atoms with van der Waals surface area (Å²) in [4.78, 5) is 12.3. The Morgan fingerprint density at radius 3 is 2.35 bits per heavy atom. The summed E-state index contributed by atoms with van der Waals surface area (Å²) in [6.07, 6.45) is 3.59. The van der Waals surface area contributed by atoms with Gasteiger partial charge in [-0.2, -0.15) is 0 Å².